The van der Waals surface area contributed by atoms with Gasteiger partial charge in [0.1, 0.15) is 11.5 Å². The minimum atomic E-state index is -0.0972. The molecular formula is C22H27NO5. The number of anilines is 1. The van der Waals surface area contributed by atoms with Gasteiger partial charge in [-0.05, 0) is 36.8 Å². The summed E-state index contributed by atoms with van der Waals surface area (Å²) in [4.78, 5) is 13.1. The molecule has 0 atom stereocenters. The van der Waals surface area contributed by atoms with Crippen molar-refractivity contribution in [1.82, 2.24) is 0 Å². The molecule has 0 radical (unpaired) electrons. The standard InChI is InChI=1S/C22H27NO5/c1-6-7-14(21(24)15-8-9-19(26-3)18(23)12-15)10-16-11-17(25-2)13-20(27-4)22(16)28-5/h8-13H,6-7,23H2,1-5H3/b14-10+. The predicted molar refractivity (Wildman–Crippen MR) is 111 cm³/mol. The molecule has 0 bridgehead atoms. The smallest absolute Gasteiger partial charge is 0.189 e. The van der Waals surface area contributed by atoms with E-state index in [9.17, 15) is 4.79 Å². The van der Waals surface area contributed by atoms with E-state index in [4.69, 9.17) is 24.7 Å². The van der Waals surface area contributed by atoms with Crippen LogP contribution in [0.15, 0.2) is 35.9 Å². The van der Waals surface area contributed by atoms with Crippen LogP contribution in [0.3, 0.4) is 0 Å². The lowest BCUT2D eigenvalue weighted by molar-refractivity contribution is 0.103. The average Bonchev–Trinajstić information content (AvgIpc) is 2.71. The third kappa shape index (κ3) is 4.57. The Bertz CT molecular complexity index is 873. The van der Waals surface area contributed by atoms with Gasteiger partial charge in [0.15, 0.2) is 17.3 Å². The number of ether oxygens (including phenoxy) is 4. The number of nitrogens with two attached hydrogens (primary N) is 1. The molecule has 0 aliphatic heterocycles. The molecule has 0 aliphatic carbocycles. The van der Waals surface area contributed by atoms with Gasteiger partial charge in [-0.2, -0.15) is 0 Å². The number of ketones is 1. The number of Topliss-reactive ketones (excluding diaryl/α,β-unsaturated/α-hetero) is 1. The molecule has 150 valence electrons. The average molecular weight is 385 g/mol. The number of nitrogen functional groups attached to an aromatic ring is 1. The van der Waals surface area contributed by atoms with Gasteiger partial charge in [0.05, 0.1) is 34.1 Å². The SMILES string of the molecule is CCC/C(=C\c1cc(OC)cc(OC)c1OC)C(=O)c1ccc(OC)c(N)c1. The summed E-state index contributed by atoms with van der Waals surface area (Å²) >= 11 is 0. The summed E-state index contributed by atoms with van der Waals surface area (Å²) in [6.07, 6.45) is 3.23. The van der Waals surface area contributed by atoms with Gasteiger partial charge < -0.3 is 24.7 Å². The van der Waals surface area contributed by atoms with Crippen molar-refractivity contribution in [3.63, 3.8) is 0 Å². The largest absolute Gasteiger partial charge is 0.497 e. The zero-order valence-corrected chi connectivity index (χ0v) is 17.0. The van der Waals surface area contributed by atoms with Crippen LogP contribution in [0.5, 0.6) is 23.0 Å². The molecule has 0 heterocycles. The summed E-state index contributed by atoms with van der Waals surface area (Å²) in [5.41, 5.74) is 8.24. The molecule has 0 saturated carbocycles. The zero-order valence-electron chi connectivity index (χ0n) is 17.0. The van der Waals surface area contributed by atoms with Crippen LogP contribution in [0.25, 0.3) is 6.08 Å². The quantitative estimate of drug-likeness (QED) is 0.392. The van der Waals surface area contributed by atoms with Crippen LogP contribution in [0, 0.1) is 0 Å². The Hall–Kier alpha value is -3.15. The number of rotatable bonds is 9. The summed E-state index contributed by atoms with van der Waals surface area (Å²) in [7, 11) is 6.24. The summed E-state index contributed by atoms with van der Waals surface area (Å²) in [5, 5.41) is 0. The number of allylic oxidation sites excluding steroid dienone is 1. The lowest BCUT2D eigenvalue weighted by Gasteiger charge is -2.14. The van der Waals surface area contributed by atoms with E-state index in [1.165, 1.54) is 7.11 Å². The Morgan fingerprint density at radius 1 is 0.964 bits per heavy atom. The van der Waals surface area contributed by atoms with E-state index in [1.54, 1.807) is 45.6 Å². The molecule has 0 spiro atoms. The van der Waals surface area contributed by atoms with E-state index >= 15 is 0 Å². The first kappa shape index (κ1) is 21.2. The molecule has 2 aromatic carbocycles. The molecule has 0 aromatic heterocycles. The molecule has 0 unspecified atom stereocenters. The third-order valence-corrected chi connectivity index (χ3v) is 4.35. The van der Waals surface area contributed by atoms with E-state index in [2.05, 4.69) is 0 Å². The first-order valence-corrected chi connectivity index (χ1v) is 8.97. The van der Waals surface area contributed by atoms with Gasteiger partial charge >= 0.3 is 0 Å². The molecule has 28 heavy (non-hydrogen) atoms. The fourth-order valence-corrected chi connectivity index (χ4v) is 2.96. The van der Waals surface area contributed by atoms with Crippen molar-refractivity contribution < 1.29 is 23.7 Å². The van der Waals surface area contributed by atoms with Crippen LogP contribution in [-0.4, -0.2) is 34.2 Å². The Morgan fingerprint density at radius 2 is 1.68 bits per heavy atom. The fraction of sp³-hybridized carbons (Fsp3) is 0.318. The van der Waals surface area contributed by atoms with Crippen molar-refractivity contribution in [1.29, 1.82) is 0 Å². The van der Waals surface area contributed by atoms with Crippen LogP contribution in [-0.2, 0) is 0 Å². The number of hydrogen-bond donors (Lipinski definition) is 1. The Morgan fingerprint density at radius 3 is 2.21 bits per heavy atom. The van der Waals surface area contributed by atoms with E-state index < -0.39 is 0 Å². The van der Waals surface area contributed by atoms with Crippen molar-refractivity contribution in [2.45, 2.75) is 19.8 Å². The lowest BCUT2D eigenvalue weighted by Crippen LogP contribution is -2.05. The Labute approximate surface area is 165 Å². The van der Waals surface area contributed by atoms with Gasteiger partial charge in [0, 0.05) is 22.8 Å². The highest BCUT2D eigenvalue weighted by Crippen LogP contribution is 2.37. The molecule has 0 aliphatic rings. The highest BCUT2D eigenvalue weighted by Gasteiger charge is 2.17. The zero-order chi connectivity index (χ0) is 20.7. The number of methoxy groups -OCH3 is 4. The van der Waals surface area contributed by atoms with Gasteiger partial charge in [0.25, 0.3) is 0 Å². The van der Waals surface area contributed by atoms with Crippen molar-refractivity contribution >= 4 is 17.5 Å². The van der Waals surface area contributed by atoms with Crippen molar-refractivity contribution in [2.75, 3.05) is 34.2 Å². The van der Waals surface area contributed by atoms with Gasteiger partial charge in [-0.15, -0.1) is 0 Å². The van der Waals surface area contributed by atoms with Gasteiger partial charge in [0.2, 0.25) is 0 Å². The first-order valence-electron chi connectivity index (χ1n) is 8.97. The summed E-state index contributed by atoms with van der Waals surface area (Å²) in [5.74, 6) is 2.13. The molecule has 2 rings (SSSR count). The maximum atomic E-state index is 13.1. The van der Waals surface area contributed by atoms with Crippen LogP contribution in [0.1, 0.15) is 35.7 Å². The molecule has 2 N–H and O–H groups in total. The summed E-state index contributed by atoms with van der Waals surface area (Å²) in [6.45, 7) is 2.02. The lowest BCUT2D eigenvalue weighted by atomic mass is 9.96. The number of carbonyl (C=O) groups is 1. The van der Waals surface area contributed by atoms with Crippen LogP contribution in [0.2, 0.25) is 0 Å². The molecule has 6 nitrogen and oxygen atoms in total. The monoisotopic (exact) mass is 385 g/mol. The maximum Gasteiger partial charge on any atom is 0.189 e. The van der Waals surface area contributed by atoms with Crippen LogP contribution in [0.4, 0.5) is 5.69 Å². The Kier molecular flexibility index (Phi) is 7.32. The molecule has 2 aromatic rings. The van der Waals surface area contributed by atoms with E-state index in [-0.39, 0.29) is 5.78 Å². The molecule has 0 saturated heterocycles. The minimum Gasteiger partial charge on any atom is -0.497 e. The van der Waals surface area contributed by atoms with Crippen LogP contribution < -0.4 is 24.7 Å². The first-order chi connectivity index (χ1) is 13.5. The van der Waals surface area contributed by atoms with Gasteiger partial charge in [-0.1, -0.05) is 13.3 Å². The second kappa shape index (κ2) is 9.69. The minimum absolute atomic E-state index is 0.0972. The number of hydrogen-bond acceptors (Lipinski definition) is 6. The Balaban J connectivity index is 2.55. The molecule has 0 amide bonds. The highest BCUT2D eigenvalue weighted by molar-refractivity contribution is 6.12. The number of benzene rings is 2. The molecule has 6 heteroatoms. The fourth-order valence-electron chi connectivity index (χ4n) is 2.96. The third-order valence-electron chi connectivity index (χ3n) is 4.35. The number of carbonyl (C=O) groups excluding carboxylic acids is 1. The van der Waals surface area contributed by atoms with E-state index in [1.807, 2.05) is 19.1 Å². The summed E-state index contributed by atoms with van der Waals surface area (Å²) < 4.78 is 21.4. The topological polar surface area (TPSA) is 80.0 Å². The van der Waals surface area contributed by atoms with E-state index in [0.29, 0.717) is 51.8 Å². The molecular weight excluding hydrogens is 358 g/mol. The second-order valence-electron chi connectivity index (χ2n) is 6.16. The van der Waals surface area contributed by atoms with Crippen molar-refractivity contribution in [2.24, 2.45) is 0 Å². The second-order valence-corrected chi connectivity index (χ2v) is 6.16. The van der Waals surface area contributed by atoms with Gasteiger partial charge in [-0.3, -0.25) is 4.79 Å². The normalized spacial score (nSPS) is 11.1. The van der Waals surface area contributed by atoms with Gasteiger partial charge in [-0.25, -0.2) is 0 Å². The van der Waals surface area contributed by atoms with Crippen molar-refractivity contribution in [3.05, 3.63) is 47.0 Å². The maximum absolute atomic E-state index is 13.1. The summed E-state index contributed by atoms with van der Waals surface area (Å²) in [6, 6.07) is 8.59. The highest BCUT2D eigenvalue weighted by atomic mass is 16.5. The van der Waals surface area contributed by atoms with Crippen LogP contribution >= 0.6 is 0 Å². The predicted octanol–water partition coefficient (Wildman–Crippen LogP) is 4.37. The molecule has 0 fully saturated rings. The van der Waals surface area contributed by atoms with E-state index in [0.717, 1.165) is 6.42 Å². The van der Waals surface area contributed by atoms with Crippen molar-refractivity contribution in [3.8, 4) is 23.0 Å².